The van der Waals surface area contributed by atoms with E-state index in [1.54, 1.807) is 6.07 Å². The predicted octanol–water partition coefficient (Wildman–Crippen LogP) is 2.95. The fraction of sp³-hybridized carbons (Fsp3) is 0.625. The minimum atomic E-state index is -0.412. The predicted molar refractivity (Wildman–Crippen MR) is 85.3 cm³/mol. The van der Waals surface area contributed by atoms with Crippen LogP contribution in [0.1, 0.15) is 27.2 Å². The van der Waals surface area contributed by atoms with Crippen molar-refractivity contribution in [2.45, 2.75) is 33.3 Å². The Morgan fingerprint density at radius 1 is 1.48 bits per heavy atom. The molecule has 0 saturated carbocycles. The molecule has 5 heteroatoms. The van der Waals surface area contributed by atoms with Gasteiger partial charge < -0.3 is 20.7 Å². The van der Waals surface area contributed by atoms with Gasteiger partial charge in [0.25, 0.3) is 0 Å². The molecule has 118 valence electrons. The van der Waals surface area contributed by atoms with Crippen LogP contribution in [0.2, 0.25) is 0 Å². The maximum atomic E-state index is 13.8. The number of hydrogen-bond acceptors (Lipinski definition) is 4. The average molecular weight is 295 g/mol. The fourth-order valence-corrected chi connectivity index (χ4v) is 2.69. The van der Waals surface area contributed by atoms with E-state index in [-0.39, 0.29) is 11.9 Å². The van der Waals surface area contributed by atoms with Gasteiger partial charge in [0, 0.05) is 25.2 Å². The highest BCUT2D eigenvalue weighted by Gasteiger charge is 2.21. The highest BCUT2D eigenvalue weighted by atomic mass is 19.1. The number of hydrogen-bond donors (Lipinski definition) is 2. The number of nitrogens with one attached hydrogen (secondary N) is 1. The van der Waals surface area contributed by atoms with Gasteiger partial charge in [0.15, 0.2) is 11.6 Å². The molecule has 3 N–H and O–H groups in total. The lowest BCUT2D eigenvalue weighted by Gasteiger charge is -2.17. The topological polar surface area (TPSA) is 50.5 Å². The number of rotatable bonds is 6. The van der Waals surface area contributed by atoms with Gasteiger partial charge in [-0.25, -0.2) is 4.39 Å². The number of nitrogens with two attached hydrogens (primary N) is 1. The molecular weight excluding hydrogens is 269 g/mol. The maximum absolute atomic E-state index is 13.8. The van der Waals surface area contributed by atoms with E-state index in [0.717, 1.165) is 31.9 Å². The van der Waals surface area contributed by atoms with Crippen LogP contribution in [0.3, 0.4) is 0 Å². The summed E-state index contributed by atoms with van der Waals surface area (Å²) in [6.45, 7) is 10.2. The smallest absolute Gasteiger partial charge is 0.167 e. The standard InChI is InChI=1S/C16H26FN3O/c1-4-20-6-5-12(10-20)9-19-15-8-16(21-11(2)3)13(17)7-14(15)18/h7-8,11-12,19H,4-6,9-10,18H2,1-3H3. The zero-order valence-electron chi connectivity index (χ0n) is 13.2. The number of ether oxygens (including phenoxy) is 1. The van der Waals surface area contributed by atoms with E-state index < -0.39 is 5.82 Å². The minimum absolute atomic E-state index is 0.0658. The first-order valence-corrected chi connectivity index (χ1v) is 7.71. The number of likely N-dealkylation sites (tertiary alicyclic amines) is 1. The number of nitrogens with zero attached hydrogens (tertiary/aromatic N) is 1. The molecule has 0 aromatic heterocycles. The Labute approximate surface area is 126 Å². The lowest BCUT2D eigenvalue weighted by Crippen LogP contribution is -2.22. The van der Waals surface area contributed by atoms with E-state index in [2.05, 4.69) is 17.1 Å². The highest BCUT2D eigenvalue weighted by Crippen LogP contribution is 2.29. The second-order valence-corrected chi connectivity index (χ2v) is 5.97. The van der Waals surface area contributed by atoms with Crippen LogP contribution in [0.4, 0.5) is 15.8 Å². The summed E-state index contributed by atoms with van der Waals surface area (Å²) >= 11 is 0. The van der Waals surface area contributed by atoms with Gasteiger partial charge in [0.2, 0.25) is 0 Å². The second-order valence-electron chi connectivity index (χ2n) is 5.97. The summed E-state index contributed by atoms with van der Waals surface area (Å²) in [5, 5.41) is 3.34. The first-order valence-electron chi connectivity index (χ1n) is 7.71. The third-order valence-electron chi connectivity index (χ3n) is 3.87. The van der Waals surface area contributed by atoms with Crippen molar-refractivity contribution in [1.29, 1.82) is 0 Å². The van der Waals surface area contributed by atoms with Crippen LogP contribution in [0.5, 0.6) is 5.75 Å². The quantitative estimate of drug-likeness (QED) is 0.792. The van der Waals surface area contributed by atoms with Crippen LogP contribution in [0.25, 0.3) is 0 Å². The Hall–Kier alpha value is -1.49. The van der Waals surface area contributed by atoms with Crippen LogP contribution in [0.15, 0.2) is 12.1 Å². The van der Waals surface area contributed by atoms with E-state index >= 15 is 0 Å². The molecule has 4 nitrogen and oxygen atoms in total. The van der Waals surface area contributed by atoms with Crippen molar-refractivity contribution in [2.75, 3.05) is 37.2 Å². The Morgan fingerprint density at radius 2 is 2.24 bits per heavy atom. The molecule has 1 aromatic carbocycles. The van der Waals surface area contributed by atoms with Crippen molar-refractivity contribution in [1.82, 2.24) is 4.90 Å². The van der Waals surface area contributed by atoms with E-state index in [1.807, 2.05) is 13.8 Å². The van der Waals surface area contributed by atoms with Crippen molar-refractivity contribution in [3.63, 3.8) is 0 Å². The van der Waals surface area contributed by atoms with E-state index in [0.29, 0.717) is 11.6 Å². The summed E-state index contributed by atoms with van der Waals surface area (Å²) in [5.41, 5.74) is 7.07. The van der Waals surface area contributed by atoms with Gasteiger partial charge in [-0.3, -0.25) is 0 Å². The lowest BCUT2D eigenvalue weighted by molar-refractivity contribution is 0.231. The minimum Gasteiger partial charge on any atom is -0.488 e. The summed E-state index contributed by atoms with van der Waals surface area (Å²) in [6.07, 6.45) is 1.13. The molecule has 1 atom stereocenters. The molecule has 2 rings (SSSR count). The first kappa shape index (κ1) is 15.9. The SMILES string of the molecule is CCN1CCC(CNc2cc(OC(C)C)c(F)cc2N)C1. The fourth-order valence-electron chi connectivity index (χ4n) is 2.69. The van der Waals surface area contributed by atoms with Gasteiger partial charge in [0.05, 0.1) is 17.5 Å². The average Bonchev–Trinajstić information content (AvgIpc) is 2.88. The van der Waals surface area contributed by atoms with E-state index in [4.69, 9.17) is 10.5 Å². The summed E-state index contributed by atoms with van der Waals surface area (Å²) in [6, 6.07) is 2.99. The van der Waals surface area contributed by atoms with Crippen LogP contribution in [0, 0.1) is 11.7 Å². The van der Waals surface area contributed by atoms with Gasteiger partial charge >= 0.3 is 0 Å². The largest absolute Gasteiger partial charge is 0.488 e. The van der Waals surface area contributed by atoms with Gasteiger partial charge in [0.1, 0.15) is 0 Å². The van der Waals surface area contributed by atoms with Crippen LogP contribution < -0.4 is 15.8 Å². The molecule has 1 fully saturated rings. The van der Waals surface area contributed by atoms with Gasteiger partial charge in [-0.1, -0.05) is 6.92 Å². The molecule has 0 bridgehead atoms. The monoisotopic (exact) mass is 295 g/mol. The summed E-state index contributed by atoms with van der Waals surface area (Å²) < 4.78 is 19.3. The first-order chi connectivity index (χ1) is 9.99. The van der Waals surface area contributed by atoms with Crippen molar-refractivity contribution in [2.24, 2.45) is 5.92 Å². The number of anilines is 2. The molecule has 1 aromatic rings. The Bertz CT molecular complexity index is 479. The zero-order valence-corrected chi connectivity index (χ0v) is 13.2. The van der Waals surface area contributed by atoms with Crippen LogP contribution in [-0.4, -0.2) is 37.2 Å². The van der Waals surface area contributed by atoms with Crippen molar-refractivity contribution in [3.05, 3.63) is 17.9 Å². The normalized spacial score (nSPS) is 19.2. The summed E-state index contributed by atoms with van der Waals surface area (Å²) in [4.78, 5) is 2.44. The van der Waals surface area contributed by atoms with Crippen LogP contribution >= 0.6 is 0 Å². The zero-order chi connectivity index (χ0) is 15.4. The second kappa shape index (κ2) is 6.98. The Kier molecular flexibility index (Phi) is 5.28. The molecule has 0 radical (unpaired) electrons. The Morgan fingerprint density at radius 3 is 2.86 bits per heavy atom. The summed E-state index contributed by atoms with van der Waals surface area (Å²) in [7, 11) is 0. The Balaban J connectivity index is 1.99. The van der Waals surface area contributed by atoms with E-state index in [1.165, 1.54) is 12.5 Å². The number of halogens is 1. The van der Waals surface area contributed by atoms with Gasteiger partial charge in [-0.15, -0.1) is 0 Å². The molecular formula is C16H26FN3O. The highest BCUT2D eigenvalue weighted by molar-refractivity contribution is 5.68. The number of nitrogen functional groups attached to an aromatic ring is 1. The number of benzene rings is 1. The molecule has 1 unspecified atom stereocenters. The van der Waals surface area contributed by atoms with Crippen molar-refractivity contribution < 1.29 is 9.13 Å². The van der Waals surface area contributed by atoms with E-state index in [9.17, 15) is 4.39 Å². The molecule has 1 saturated heterocycles. The van der Waals surface area contributed by atoms with Gasteiger partial charge in [-0.2, -0.15) is 0 Å². The lowest BCUT2D eigenvalue weighted by atomic mass is 10.1. The maximum Gasteiger partial charge on any atom is 0.167 e. The molecule has 1 aliphatic rings. The molecule has 21 heavy (non-hydrogen) atoms. The molecule has 1 aliphatic heterocycles. The molecule has 1 heterocycles. The third-order valence-corrected chi connectivity index (χ3v) is 3.87. The summed E-state index contributed by atoms with van der Waals surface area (Å²) in [5.74, 6) is 0.456. The molecule has 0 amide bonds. The molecule has 0 aliphatic carbocycles. The van der Waals surface area contributed by atoms with Crippen molar-refractivity contribution in [3.8, 4) is 5.75 Å². The van der Waals surface area contributed by atoms with Crippen LogP contribution in [-0.2, 0) is 0 Å². The van der Waals surface area contributed by atoms with Crippen molar-refractivity contribution >= 4 is 11.4 Å². The molecule has 0 spiro atoms. The third kappa shape index (κ3) is 4.24. The van der Waals surface area contributed by atoms with Gasteiger partial charge in [-0.05, 0) is 39.3 Å².